The number of benzene rings is 2. The topological polar surface area (TPSA) is 63.2 Å². The molecule has 0 N–H and O–H groups in total. The number of hydrogen-bond donors (Lipinski definition) is 0. The summed E-state index contributed by atoms with van der Waals surface area (Å²) < 4.78 is 27.8. The number of sulfonamides is 1. The van der Waals surface area contributed by atoms with E-state index in [4.69, 9.17) is 0 Å². The van der Waals surface area contributed by atoms with Gasteiger partial charge in [-0.25, -0.2) is 18.4 Å². The van der Waals surface area contributed by atoms with Crippen molar-refractivity contribution in [3.63, 3.8) is 0 Å². The molecule has 0 saturated carbocycles. The Bertz CT molecular complexity index is 1100. The Morgan fingerprint density at radius 1 is 1.04 bits per heavy atom. The number of fused-ring (bicyclic) bond motifs is 1. The van der Waals surface area contributed by atoms with Crippen molar-refractivity contribution in [2.24, 2.45) is 0 Å². The predicted molar refractivity (Wildman–Crippen MR) is 105 cm³/mol. The summed E-state index contributed by atoms with van der Waals surface area (Å²) >= 11 is 0. The van der Waals surface area contributed by atoms with Gasteiger partial charge in [0.05, 0.1) is 10.6 Å². The number of aryl methyl sites for hydroxylation is 2. The fourth-order valence-electron chi connectivity index (χ4n) is 3.35. The second-order valence-electron chi connectivity index (χ2n) is 6.89. The zero-order valence-electron chi connectivity index (χ0n) is 15.4. The van der Waals surface area contributed by atoms with E-state index in [0.29, 0.717) is 30.2 Å². The molecule has 1 aromatic heterocycles. The molecule has 1 aliphatic heterocycles. The molecule has 0 bridgehead atoms. The minimum atomic E-state index is -3.54. The first-order valence-corrected chi connectivity index (χ1v) is 10.4. The molecule has 3 aromatic rings. The highest BCUT2D eigenvalue weighted by Crippen LogP contribution is 2.27. The van der Waals surface area contributed by atoms with Crippen LogP contribution in [0.1, 0.15) is 22.4 Å². The summed E-state index contributed by atoms with van der Waals surface area (Å²) in [5.41, 5.74) is 4.46. The molecular weight excluding hydrogens is 358 g/mol. The van der Waals surface area contributed by atoms with Crippen LogP contribution in [0.25, 0.3) is 11.4 Å². The highest BCUT2D eigenvalue weighted by molar-refractivity contribution is 7.89. The first kappa shape index (κ1) is 17.8. The number of rotatable bonds is 3. The van der Waals surface area contributed by atoms with E-state index in [0.717, 1.165) is 27.9 Å². The van der Waals surface area contributed by atoms with Crippen molar-refractivity contribution in [2.75, 3.05) is 6.54 Å². The van der Waals surface area contributed by atoms with Crippen LogP contribution >= 0.6 is 0 Å². The maximum atomic E-state index is 13.1. The van der Waals surface area contributed by atoms with Crippen LogP contribution in [-0.2, 0) is 23.0 Å². The Morgan fingerprint density at radius 3 is 2.59 bits per heavy atom. The molecule has 4 rings (SSSR count). The van der Waals surface area contributed by atoms with Crippen LogP contribution in [0.5, 0.6) is 0 Å². The van der Waals surface area contributed by atoms with Crippen LogP contribution in [-0.4, -0.2) is 29.2 Å². The molecule has 27 heavy (non-hydrogen) atoms. The Morgan fingerprint density at radius 2 is 1.81 bits per heavy atom. The summed E-state index contributed by atoms with van der Waals surface area (Å²) in [6.45, 7) is 4.47. The molecule has 5 nitrogen and oxygen atoms in total. The molecular formula is C21H21N3O2S. The van der Waals surface area contributed by atoms with Crippen LogP contribution in [0.15, 0.2) is 59.6 Å². The van der Waals surface area contributed by atoms with Crippen molar-refractivity contribution in [1.29, 1.82) is 0 Å². The van der Waals surface area contributed by atoms with E-state index < -0.39 is 10.0 Å². The molecule has 6 heteroatoms. The first-order chi connectivity index (χ1) is 12.9. The highest BCUT2D eigenvalue weighted by Gasteiger charge is 2.30. The smallest absolute Gasteiger partial charge is 0.236 e. The van der Waals surface area contributed by atoms with E-state index in [1.165, 1.54) is 4.31 Å². The SMILES string of the molecule is Cc1ccc(C)c(S(=O)(=O)N2CCc3nc(-c4ccccc4)ncc3C2)c1. The molecule has 2 aromatic carbocycles. The molecule has 0 amide bonds. The Balaban J connectivity index is 1.64. The summed E-state index contributed by atoms with van der Waals surface area (Å²) in [5.74, 6) is 0.681. The third kappa shape index (κ3) is 3.38. The van der Waals surface area contributed by atoms with Gasteiger partial charge in [-0.3, -0.25) is 0 Å². The summed E-state index contributed by atoms with van der Waals surface area (Å²) in [6.07, 6.45) is 2.34. The molecule has 0 fully saturated rings. The van der Waals surface area contributed by atoms with Crippen molar-refractivity contribution in [2.45, 2.75) is 31.7 Å². The van der Waals surface area contributed by atoms with Gasteiger partial charge in [0, 0.05) is 36.8 Å². The zero-order chi connectivity index (χ0) is 19.0. The maximum Gasteiger partial charge on any atom is 0.243 e. The predicted octanol–water partition coefficient (Wildman–Crippen LogP) is 3.51. The van der Waals surface area contributed by atoms with Gasteiger partial charge in [0.1, 0.15) is 0 Å². The molecule has 138 valence electrons. The quantitative estimate of drug-likeness (QED) is 0.699. The van der Waals surface area contributed by atoms with Gasteiger partial charge in [-0.15, -0.1) is 0 Å². The normalized spacial score (nSPS) is 14.7. The fourth-order valence-corrected chi connectivity index (χ4v) is 5.07. The zero-order valence-corrected chi connectivity index (χ0v) is 16.2. The molecule has 0 saturated heterocycles. The van der Waals surface area contributed by atoms with E-state index in [9.17, 15) is 8.42 Å². The number of aromatic nitrogens is 2. The van der Waals surface area contributed by atoms with Gasteiger partial charge in [-0.1, -0.05) is 42.5 Å². The van der Waals surface area contributed by atoms with Crippen molar-refractivity contribution in [3.05, 3.63) is 77.1 Å². The Labute approximate surface area is 159 Å². The van der Waals surface area contributed by atoms with Crippen LogP contribution in [0.2, 0.25) is 0 Å². The minimum Gasteiger partial charge on any atom is -0.236 e. The maximum absolute atomic E-state index is 13.1. The Hall–Kier alpha value is -2.57. The van der Waals surface area contributed by atoms with Crippen molar-refractivity contribution >= 4 is 10.0 Å². The second-order valence-corrected chi connectivity index (χ2v) is 8.80. The fraction of sp³-hybridized carbons (Fsp3) is 0.238. The van der Waals surface area contributed by atoms with E-state index in [1.807, 2.05) is 56.3 Å². The lowest BCUT2D eigenvalue weighted by Crippen LogP contribution is -2.36. The summed E-state index contributed by atoms with van der Waals surface area (Å²) in [7, 11) is -3.54. The van der Waals surface area contributed by atoms with E-state index in [1.54, 1.807) is 12.3 Å². The van der Waals surface area contributed by atoms with Gasteiger partial charge in [-0.2, -0.15) is 4.31 Å². The molecule has 2 heterocycles. The van der Waals surface area contributed by atoms with Gasteiger partial charge in [-0.05, 0) is 31.0 Å². The van der Waals surface area contributed by atoms with Gasteiger partial charge >= 0.3 is 0 Å². The summed E-state index contributed by atoms with van der Waals surface area (Å²) in [5, 5.41) is 0. The van der Waals surface area contributed by atoms with Crippen LogP contribution in [0, 0.1) is 13.8 Å². The van der Waals surface area contributed by atoms with Gasteiger partial charge in [0.2, 0.25) is 10.0 Å². The van der Waals surface area contributed by atoms with Crippen LogP contribution in [0.4, 0.5) is 0 Å². The van der Waals surface area contributed by atoms with E-state index >= 15 is 0 Å². The van der Waals surface area contributed by atoms with Gasteiger partial charge in [0.25, 0.3) is 0 Å². The van der Waals surface area contributed by atoms with Crippen molar-refractivity contribution in [1.82, 2.24) is 14.3 Å². The largest absolute Gasteiger partial charge is 0.243 e. The lowest BCUT2D eigenvalue weighted by atomic mass is 10.1. The second kappa shape index (κ2) is 6.87. The molecule has 0 unspecified atom stereocenters. The standard InChI is InChI=1S/C21H21N3O2S/c1-15-8-9-16(2)20(12-15)27(25,26)24-11-10-19-18(14-24)13-22-21(23-19)17-6-4-3-5-7-17/h3-9,12-13H,10-11,14H2,1-2H3. The van der Waals surface area contributed by atoms with Gasteiger partial charge in [0.15, 0.2) is 5.82 Å². The van der Waals surface area contributed by atoms with E-state index in [-0.39, 0.29) is 0 Å². The number of nitrogens with zero attached hydrogens (tertiary/aromatic N) is 3. The summed E-state index contributed by atoms with van der Waals surface area (Å²) in [4.78, 5) is 9.50. The van der Waals surface area contributed by atoms with Crippen molar-refractivity contribution in [3.8, 4) is 11.4 Å². The minimum absolute atomic E-state index is 0.306. The number of hydrogen-bond acceptors (Lipinski definition) is 4. The molecule has 0 radical (unpaired) electrons. The molecule has 0 spiro atoms. The first-order valence-electron chi connectivity index (χ1n) is 8.93. The average Bonchev–Trinajstić information content (AvgIpc) is 2.69. The molecule has 1 aliphatic rings. The molecule has 0 atom stereocenters. The average molecular weight is 379 g/mol. The summed E-state index contributed by atoms with van der Waals surface area (Å²) in [6, 6.07) is 15.3. The van der Waals surface area contributed by atoms with Crippen LogP contribution < -0.4 is 0 Å². The third-order valence-electron chi connectivity index (χ3n) is 4.89. The highest BCUT2D eigenvalue weighted by atomic mass is 32.2. The molecule has 0 aliphatic carbocycles. The Kier molecular flexibility index (Phi) is 4.53. The van der Waals surface area contributed by atoms with Crippen molar-refractivity contribution < 1.29 is 8.42 Å². The third-order valence-corrected chi connectivity index (χ3v) is 6.88. The van der Waals surface area contributed by atoms with E-state index in [2.05, 4.69) is 9.97 Å². The van der Waals surface area contributed by atoms with Gasteiger partial charge < -0.3 is 0 Å². The van der Waals surface area contributed by atoms with Crippen LogP contribution in [0.3, 0.4) is 0 Å². The monoisotopic (exact) mass is 379 g/mol. The lowest BCUT2D eigenvalue weighted by Gasteiger charge is -2.28. The lowest BCUT2D eigenvalue weighted by molar-refractivity contribution is 0.386.